The van der Waals surface area contributed by atoms with Crippen molar-refractivity contribution in [3.63, 3.8) is 0 Å². The van der Waals surface area contributed by atoms with Gasteiger partial charge in [0.2, 0.25) is 0 Å². The van der Waals surface area contributed by atoms with Crippen LogP contribution in [0.5, 0.6) is 0 Å². The molecule has 2 aromatic rings. The standard InChI is InChI=1S/C15H18N4O3/c1-10-3-6-12(7-4-10)19-9-13(17-18-19)15(22)16-11(2)5-8-14(20)21/h3-4,6-7,9,11H,5,8H2,1-2H3,(H,16,22)(H,20,21). The van der Waals surface area contributed by atoms with E-state index in [4.69, 9.17) is 5.11 Å². The van der Waals surface area contributed by atoms with Crippen LogP contribution in [0.1, 0.15) is 35.8 Å². The predicted molar refractivity (Wildman–Crippen MR) is 79.9 cm³/mol. The van der Waals surface area contributed by atoms with Crippen molar-refractivity contribution in [3.8, 4) is 5.69 Å². The molecule has 0 fully saturated rings. The maximum atomic E-state index is 12.0. The highest BCUT2D eigenvalue weighted by molar-refractivity contribution is 5.92. The summed E-state index contributed by atoms with van der Waals surface area (Å²) in [5.74, 6) is -1.25. The van der Waals surface area contributed by atoms with E-state index in [0.717, 1.165) is 11.3 Å². The summed E-state index contributed by atoms with van der Waals surface area (Å²) >= 11 is 0. The fraction of sp³-hybridized carbons (Fsp3) is 0.333. The van der Waals surface area contributed by atoms with E-state index in [1.54, 1.807) is 13.1 Å². The van der Waals surface area contributed by atoms with E-state index >= 15 is 0 Å². The van der Waals surface area contributed by atoms with Crippen LogP contribution in [0.2, 0.25) is 0 Å². The maximum absolute atomic E-state index is 12.0. The Hall–Kier alpha value is -2.70. The summed E-state index contributed by atoms with van der Waals surface area (Å²) in [5.41, 5.74) is 2.15. The lowest BCUT2D eigenvalue weighted by molar-refractivity contribution is -0.137. The van der Waals surface area contributed by atoms with Gasteiger partial charge in [-0.25, -0.2) is 4.68 Å². The molecule has 0 aliphatic rings. The van der Waals surface area contributed by atoms with Crippen LogP contribution in [0.15, 0.2) is 30.5 Å². The highest BCUT2D eigenvalue weighted by Crippen LogP contribution is 2.08. The third kappa shape index (κ3) is 4.15. The van der Waals surface area contributed by atoms with Crippen LogP contribution < -0.4 is 5.32 Å². The Morgan fingerprint density at radius 1 is 1.32 bits per heavy atom. The minimum Gasteiger partial charge on any atom is -0.481 e. The largest absolute Gasteiger partial charge is 0.481 e. The lowest BCUT2D eigenvalue weighted by atomic mass is 10.2. The molecule has 0 spiro atoms. The molecule has 2 N–H and O–H groups in total. The van der Waals surface area contributed by atoms with Gasteiger partial charge in [0.05, 0.1) is 11.9 Å². The van der Waals surface area contributed by atoms with Gasteiger partial charge >= 0.3 is 5.97 Å². The lowest BCUT2D eigenvalue weighted by Crippen LogP contribution is -2.33. The molecule has 7 nitrogen and oxygen atoms in total. The van der Waals surface area contributed by atoms with Crippen molar-refractivity contribution in [3.05, 3.63) is 41.7 Å². The van der Waals surface area contributed by atoms with Crippen LogP contribution in [0.3, 0.4) is 0 Å². The minimum atomic E-state index is -0.883. The average molecular weight is 302 g/mol. The monoisotopic (exact) mass is 302 g/mol. The van der Waals surface area contributed by atoms with E-state index in [1.165, 1.54) is 4.68 Å². The molecule has 0 radical (unpaired) electrons. The normalized spacial score (nSPS) is 11.9. The molecule has 1 amide bonds. The maximum Gasteiger partial charge on any atom is 0.303 e. The number of aliphatic carboxylic acids is 1. The summed E-state index contributed by atoms with van der Waals surface area (Å²) in [5, 5.41) is 19.1. The molecule has 0 aliphatic heterocycles. The fourth-order valence-corrected chi connectivity index (χ4v) is 1.90. The van der Waals surface area contributed by atoms with E-state index in [1.807, 2.05) is 31.2 Å². The van der Waals surface area contributed by atoms with Gasteiger partial charge in [-0.3, -0.25) is 9.59 Å². The Kier molecular flexibility index (Phi) is 4.88. The van der Waals surface area contributed by atoms with Crippen LogP contribution in [0.4, 0.5) is 0 Å². The van der Waals surface area contributed by atoms with Crippen LogP contribution in [-0.2, 0) is 4.79 Å². The van der Waals surface area contributed by atoms with Gasteiger partial charge in [0, 0.05) is 12.5 Å². The van der Waals surface area contributed by atoms with Crippen molar-refractivity contribution in [2.45, 2.75) is 32.7 Å². The molecule has 0 bridgehead atoms. The number of nitrogens with one attached hydrogen (secondary N) is 1. The third-order valence-electron chi connectivity index (χ3n) is 3.19. The molecule has 1 atom stereocenters. The number of carbonyl (C=O) groups is 2. The summed E-state index contributed by atoms with van der Waals surface area (Å²) in [7, 11) is 0. The number of benzene rings is 1. The molecule has 0 aliphatic carbocycles. The lowest BCUT2D eigenvalue weighted by Gasteiger charge is -2.10. The SMILES string of the molecule is Cc1ccc(-n2cc(C(=O)NC(C)CCC(=O)O)nn2)cc1. The molecule has 1 unspecified atom stereocenters. The first kappa shape index (κ1) is 15.7. The van der Waals surface area contributed by atoms with Gasteiger partial charge in [-0.1, -0.05) is 22.9 Å². The van der Waals surface area contributed by atoms with E-state index in [2.05, 4.69) is 15.6 Å². The number of carbonyl (C=O) groups excluding carboxylic acids is 1. The zero-order valence-corrected chi connectivity index (χ0v) is 12.5. The summed E-state index contributed by atoms with van der Waals surface area (Å²) in [6, 6.07) is 7.44. The summed E-state index contributed by atoms with van der Waals surface area (Å²) < 4.78 is 1.52. The number of nitrogens with zero attached hydrogens (tertiary/aromatic N) is 3. The summed E-state index contributed by atoms with van der Waals surface area (Å²) in [6.45, 7) is 3.74. The number of hydrogen-bond acceptors (Lipinski definition) is 4. The van der Waals surface area contributed by atoms with Crippen LogP contribution in [0, 0.1) is 6.92 Å². The van der Waals surface area contributed by atoms with E-state index < -0.39 is 5.97 Å². The van der Waals surface area contributed by atoms with Gasteiger partial charge in [0.15, 0.2) is 5.69 Å². The third-order valence-corrected chi connectivity index (χ3v) is 3.19. The van der Waals surface area contributed by atoms with Crippen molar-refractivity contribution in [2.75, 3.05) is 0 Å². The van der Waals surface area contributed by atoms with Gasteiger partial charge in [-0.2, -0.15) is 0 Å². The Bertz CT molecular complexity index is 664. The first-order chi connectivity index (χ1) is 10.5. The Labute approximate surface area is 128 Å². The second-order valence-electron chi connectivity index (χ2n) is 5.19. The molecule has 1 aromatic heterocycles. The van der Waals surface area contributed by atoms with Crippen molar-refractivity contribution in [2.24, 2.45) is 0 Å². The highest BCUT2D eigenvalue weighted by Gasteiger charge is 2.14. The van der Waals surface area contributed by atoms with E-state index in [9.17, 15) is 9.59 Å². The minimum absolute atomic E-state index is 0.0114. The van der Waals surface area contributed by atoms with Gasteiger partial charge in [0.1, 0.15) is 0 Å². The first-order valence-corrected chi connectivity index (χ1v) is 6.98. The Balaban J connectivity index is 2.00. The Morgan fingerprint density at radius 3 is 2.64 bits per heavy atom. The number of aromatic nitrogens is 3. The fourth-order valence-electron chi connectivity index (χ4n) is 1.90. The van der Waals surface area contributed by atoms with E-state index in [-0.39, 0.29) is 24.1 Å². The second-order valence-corrected chi connectivity index (χ2v) is 5.19. The average Bonchev–Trinajstić information content (AvgIpc) is 2.96. The van der Waals surface area contributed by atoms with Crippen molar-refractivity contribution in [1.29, 1.82) is 0 Å². The number of rotatable bonds is 6. The van der Waals surface area contributed by atoms with E-state index in [0.29, 0.717) is 6.42 Å². The molecular weight excluding hydrogens is 284 g/mol. The Morgan fingerprint density at radius 2 is 2.00 bits per heavy atom. The summed E-state index contributed by atoms with van der Waals surface area (Å²) in [4.78, 5) is 22.5. The zero-order chi connectivity index (χ0) is 16.1. The van der Waals surface area contributed by atoms with Crippen molar-refractivity contribution in [1.82, 2.24) is 20.3 Å². The quantitative estimate of drug-likeness (QED) is 0.844. The zero-order valence-electron chi connectivity index (χ0n) is 12.5. The first-order valence-electron chi connectivity index (χ1n) is 6.98. The number of carboxylic acids is 1. The number of amides is 1. The topological polar surface area (TPSA) is 97.1 Å². The molecule has 116 valence electrons. The van der Waals surface area contributed by atoms with Gasteiger partial charge in [-0.05, 0) is 32.4 Å². The predicted octanol–water partition coefficient (Wildman–Crippen LogP) is 1.56. The molecule has 2 rings (SSSR count). The summed E-state index contributed by atoms with van der Waals surface area (Å²) in [6.07, 6.45) is 1.93. The van der Waals surface area contributed by atoms with Crippen molar-refractivity contribution >= 4 is 11.9 Å². The van der Waals surface area contributed by atoms with Gasteiger partial charge < -0.3 is 10.4 Å². The van der Waals surface area contributed by atoms with Crippen LogP contribution >= 0.6 is 0 Å². The second kappa shape index (κ2) is 6.84. The van der Waals surface area contributed by atoms with Gasteiger partial charge in [-0.15, -0.1) is 5.10 Å². The molecule has 7 heteroatoms. The highest BCUT2D eigenvalue weighted by atomic mass is 16.4. The molecule has 22 heavy (non-hydrogen) atoms. The smallest absolute Gasteiger partial charge is 0.303 e. The molecule has 0 saturated carbocycles. The molecular formula is C15H18N4O3. The number of hydrogen-bond donors (Lipinski definition) is 2. The van der Waals surface area contributed by atoms with Crippen molar-refractivity contribution < 1.29 is 14.7 Å². The molecule has 1 heterocycles. The van der Waals surface area contributed by atoms with Crippen LogP contribution in [-0.4, -0.2) is 38.0 Å². The van der Waals surface area contributed by atoms with Gasteiger partial charge in [0.25, 0.3) is 5.91 Å². The number of carboxylic acid groups (broad SMARTS) is 1. The number of aryl methyl sites for hydroxylation is 1. The molecule has 1 aromatic carbocycles. The molecule has 0 saturated heterocycles. The van der Waals surface area contributed by atoms with Crippen LogP contribution in [0.25, 0.3) is 5.69 Å².